The molecule has 0 spiro atoms. The molecule has 1 aliphatic carbocycles. The number of aryl methyl sites for hydroxylation is 1. The van der Waals surface area contributed by atoms with Gasteiger partial charge in [0.25, 0.3) is 5.91 Å². The number of rotatable bonds is 8. The van der Waals surface area contributed by atoms with Crippen LogP contribution in [0.3, 0.4) is 0 Å². The maximum Gasteiger partial charge on any atom is 0.306 e. The molecule has 0 radical (unpaired) electrons. The maximum absolute atomic E-state index is 12.8. The van der Waals surface area contributed by atoms with E-state index in [1.807, 2.05) is 54.4 Å². The number of nitrogens with zero attached hydrogens (tertiary/aromatic N) is 2. The standard InChI is InChI=1S/C26H31N3O4S/c30-11-12-33-25(31)16-20-3-4-21-7-8-24(17-23(21)15-20)28-26(32)22-5-1-19(2-6-22)18-27-29-9-13-34-14-10-29/h1-2,5-8,17-18,20,30H,3-4,9-16H2,(H,28,32). The fraction of sp³-hybridized carbons (Fsp3) is 0.423. The van der Waals surface area contributed by atoms with Crippen molar-refractivity contribution in [3.05, 3.63) is 64.7 Å². The van der Waals surface area contributed by atoms with Gasteiger partial charge in [0, 0.05) is 42.3 Å². The maximum atomic E-state index is 12.8. The van der Waals surface area contributed by atoms with Gasteiger partial charge in [0.15, 0.2) is 0 Å². The van der Waals surface area contributed by atoms with Gasteiger partial charge in [-0.15, -0.1) is 0 Å². The third-order valence-electron chi connectivity index (χ3n) is 6.13. The van der Waals surface area contributed by atoms with Crippen LogP contribution >= 0.6 is 11.8 Å². The Morgan fingerprint density at radius 2 is 1.94 bits per heavy atom. The summed E-state index contributed by atoms with van der Waals surface area (Å²) in [5.41, 5.74) is 4.72. The zero-order chi connectivity index (χ0) is 23.8. The van der Waals surface area contributed by atoms with E-state index < -0.39 is 0 Å². The molecule has 34 heavy (non-hydrogen) atoms. The van der Waals surface area contributed by atoms with E-state index in [0.29, 0.717) is 12.0 Å². The molecule has 180 valence electrons. The average Bonchev–Trinajstić information content (AvgIpc) is 2.87. The van der Waals surface area contributed by atoms with Crippen molar-refractivity contribution in [3.8, 4) is 0 Å². The van der Waals surface area contributed by atoms with Crippen molar-refractivity contribution in [3.63, 3.8) is 0 Å². The number of carbonyl (C=O) groups excluding carboxylic acids is 2. The molecule has 1 heterocycles. The first kappa shape index (κ1) is 24.3. The third kappa shape index (κ3) is 6.84. The van der Waals surface area contributed by atoms with Crippen LogP contribution in [0, 0.1) is 5.92 Å². The number of carbonyl (C=O) groups is 2. The van der Waals surface area contributed by atoms with Crippen LogP contribution in [0.25, 0.3) is 0 Å². The van der Waals surface area contributed by atoms with Crippen LogP contribution in [0.2, 0.25) is 0 Å². The quantitative estimate of drug-likeness (QED) is 0.444. The van der Waals surface area contributed by atoms with Crippen LogP contribution < -0.4 is 5.32 Å². The van der Waals surface area contributed by atoms with Crippen molar-refractivity contribution in [2.24, 2.45) is 11.0 Å². The van der Waals surface area contributed by atoms with Gasteiger partial charge in [-0.3, -0.25) is 14.6 Å². The van der Waals surface area contributed by atoms with Gasteiger partial charge < -0.3 is 15.2 Å². The molecule has 0 aromatic heterocycles. The van der Waals surface area contributed by atoms with Gasteiger partial charge in [-0.2, -0.15) is 16.9 Å². The van der Waals surface area contributed by atoms with Crippen molar-refractivity contribution < 1.29 is 19.4 Å². The number of thioether (sulfide) groups is 1. The summed E-state index contributed by atoms with van der Waals surface area (Å²) in [5, 5.41) is 18.4. The summed E-state index contributed by atoms with van der Waals surface area (Å²) in [6.07, 6.45) is 4.80. The molecule has 2 aromatic carbocycles. The van der Waals surface area contributed by atoms with Crippen LogP contribution in [-0.2, 0) is 22.4 Å². The van der Waals surface area contributed by atoms with E-state index in [1.54, 1.807) is 0 Å². The Bertz CT molecular complexity index is 1020. The zero-order valence-corrected chi connectivity index (χ0v) is 20.1. The van der Waals surface area contributed by atoms with E-state index >= 15 is 0 Å². The highest BCUT2D eigenvalue weighted by Gasteiger charge is 2.22. The van der Waals surface area contributed by atoms with Crippen LogP contribution in [0.4, 0.5) is 5.69 Å². The molecular formula is C26H31N3O4S. The lowest BCUT2D eigenvalue weighted by Gasteiger charge is -2.24. The molecule has 0 saturated carbocycles. The average molecular weight is 482 g/mol. The van der Waals surface area contributed by atoms with Gasteiger partial charge in [0.05, 0.1) is 12.8 Å². The summed E-state index contributed by atoms with van der Waals surface area (Å²) in [7, 11) is 0. The number of esters is 1. The Morgan fingerprint density at radius 3 is 2.71 bits per heavy atom. The summed E-state index contributed by atoms with van der Waals surface area (Å²) in [5.74, 6) is 2.00. The number of hydrogen-bond donors (Lipinski definition) is 2. The monoisotopic (exact) mass is 481 g/mol. The highest BCUT2D eigenvalue weighted by molar-refractivity contribution is 7.99. The molecule has 7 nitrogen and oxygen atoms in total. The number of fused-ring (bicyclic) bond motifs is 1. The van der Waals surface area contributed by atoms with Crippen LogP contribution in [0.5, 0.6) is 0 Å². The molecule has 1 aliphatic heterocycles. The largest absolute Gasteiger partial charge is 0.463 e. The van der Waals surface area contributed by atoms with E-state index in [1.165, 1.54) is 5.56 Å². The molecule has 0 bridgehead atoms. The van der Waals surface area contributed by atoms with Gasteiger partial charge in [-0.25, -0.2) is 0 Å². The second kappa shape index (κ2) is 12.0. The predicted molar refractivity (Wildman–Crippen MR) is 136 cm³/mol. The zero-order valence-electron chi connectivity index (χ0n) is 19.2. The molecule has 2 aliphatic rings. The van der Waals surface area contributed by atoms with Crippen LogP contribution in [0.1, 0.15) is 39.9 Å². The second-order valence-corrected chi connectivity index (χ2v) is 9.85. The minimum atomic E-state index is -0.268. The number of aliphatic hydroxyl groups is 1. The lowest BCUT2D eigenvalue weighted by molar-refractivity contribution is -0.145. The summed E-state index contributed by atoms with van der Waals surface area (Å²) >= 11 is 1.95. The molecule has 1 amide bonds. The van der Waals surface area contributed by atoms with Gasteiger partial charge >= 0.3 is 5.97 Å². The Hall–Kier alpha value is -2.84. The molecule has 4 rings (SSSR count). The molecule has 1 unspecified atom stereocenters. The van der Waals surface area contributed by atoms with Crippen LogP contribution in [-0.4, -0.2) is 66.0 Å². The lowest BCUT2D eigenvalue weighted by Crippen LogP contribution is -2.27. The Morgan fingerprint density at radius 1 is 1.15 bits per heavy atom. The van der Waals surface area contributed by atoms with Crippen LogP contribution in [0.15, 0.2) is 47.6 Å². The Labute approximate surface area is 204 Å². The number of ether oxygens (including phenoxy) is 1. The van der Waals surface area contributed by atoms with E-state index in [-0.39, 0.29) is 31.0 Å². The topological polar surface area (TPSA) is 91.2 Å². The van der Waals surface area contributed by atoms with Crippen molar-refractivity contribution >= 4 is 35.5 Å². The smallest absolute Gasteiger partial charge is 0.306 e. The predicted octanol–water partition coefficient (Wildman–Crippen LogP) is 3.35. The number of anilines is 1. The highest BCUT2D eigenvalue weighted by Crippen LogP contribution is 2.30. The molecule has 1 atom stereocenters. The molecule has 1 saturated heterocycles. The summed E-state index contributed by atoms with van der Waals surface area (Å²) < 4.78 is 5.00. The van der Waals surface area contributed by atoms with E-state index in [2.05, 4.69) is 21.5 Å². The minimum Gasteiger partial charge on any atom is -0.463 e. The van der Waals surface area contributed by atoms with Crippen molar-refractivity contribution in [1.82, 2.24) is 5.01 Å². The van der Waals surface area contributed by atoms with E-state index in [4.69, 9.17) is 9.84 Å². The fourth-order valence-corrected chi connectivity index (χ4v) is 5.16. The fourth-order valence-electron chi connectivity index (χ4n) is 4.28. The number of benzene rings is 2. The molecular weight excluding hydrogens is 450 g/mol. The number of aliphatic hydroxyl groups excluding tert-OH is 1. The number of hydrazone groups is 1. The van der Waals surface area contributed by atoms with Gasteiger partial charge in [0.2, 0.25) is 0 Å². The molecule has 8 heteroatoms. The summed E-state index contributed by atoms with van der Waals surface area (Å²) in [6, 6.07) is 13.4. The normalized spacial score (nSPS) is 17.9. The molecule has 2 aromatic rings. The Balaban J connectivity index is 1.33. The number of hydrogen-bond acceptors (Lipinski definition) is 7. The second-order valence-electron chi connectivity index (χ2n) is 8.63. The van der Waals surface area contributed by atoms with Gasteiger partial charge in [-0.05, 0) is 66.1 Å². The first-order valence-electron chi connectivity index (χ1n) is 11.8. The van der Waals surface area contributed by atoms with Crippen molar-refractivity contribution in [2.45, 2.75) is 25.7 Å². The van der Waals surface area contributed by atoms with E-state index in [0.717, 1.165) is 60.7 Å². The number of nitrogens with one attached hydrogen (secondary N) is 1. The number of amides is 1. The first-order chi connectivity index (χ1) is 16.6. The first-order valence-corrected chi connectivity index (χ1v) is 12.9. The summed E-state index contributed by atoms with van der Waals surface area (Å²) in [6.45, 7) is 1.83. The SMILES string of the molecule is O=C(CC1CCc2ccc(NC(=O)c3ccc(C=NN4CCSCC4)cc3)cc2C1)OCCO. The van der Waals surface area contributed by atoms with E-state index in [9.17, 15) is 9.59 Å². The lowest BCUT2D eigenvalue weighted by atomic mass is 9.82. The summed E-state index contributed by atoms with van der Waals surface area (Å²) in [4.78, 5) is 24.7. The minimum absolute atomic E-state index is 0.0454. The highest BCUT2D eigenvalue weighted by atomic mass is 32.2. The van der Waals surface area contributed by atoms with Crippen molar-refractivity contribution in [2.75, 3.05) is 43.1 Å². The molecule has 2 N–H and O–H groups in total. The Kier molecular flexibility index (Phi) is 8.60. The van der Waals surface area contributed by atoms with Gasteiger partial charge in [0.1, 0.15) is 6.61 Å². The van der Waals surface area contributed by atoms with Gasteiger partial charge in [-0.1, -0.05) is 18.2 Å². The molecule has 1 fully saturated rings. The van der Waals surface area contributed by atoms with Crippen molar-refractivity contribution in [1.29, 1.82) is 0 Å². The third-order valence-corrected chi connectivity index (χ3v) is 7.08.